The van der Waals surface area contributed by atoms with Crippen molar-refractivity contribution < 1.29 is 4.74 Å². The number of para-hydroxylation sites is 1. The van der Waals surface area contributed by atoms with E-state index in [0.29, 0.717) is 0 Å². The Morgan fingerprint density at radius 1 is 1.17 bits per heavy atom. The van der Waals surface area contributed by atoms with Crippen molar-refractivity contribution in [2.24, 2.45) is 5.73 Å². The molecule has 0 aliphatic carbocycles. The number of fused-ring (bicyclic) bond motifs is 1. The zero-order valence-corrected chi connectivity index (χ0v) is 14.0. The van der Waals surface area contributed by atoms with Gasteiger partial charge >= 0.3 is 0 Å². The van der Waals surface area contributed by atoms with Crippen LogP contribution in [0.5, 0.6) is 5.75 Å². The Bertz CT molecular complexity index is 745. The lowest BCUT2D eigenvalue weighted by atomic mass is 9.85. The van der Waals surface area contributed by atoms with E-state index in [1.54, 1.807) is 0 Å². The fraction of sp³-hybridized carbons (Fsp3) is 0.333. The first-order valence-electron chi connectivity index (χ1n) is 8.68. The highest BCUT2D eigenvalue weighted by molar-refractivity contribution is 5.74. The van der Waals surface area contributed by atoms with Crippen molar-refractivity contribution in [3.8, 4) is 16.9 Å². The lowest BCUT2D eigenvalue weighted by molar-refractivity contribution is 0.312. The largest absolute Gasteiger partial charge is 0.492 e. The molecule has 124 valence electrons. The van der Waals surface area contributed by atoms with E-state index in [1.165, 1.54) is 22.4 Å². The maximum atomic E-state index is 6.39. The minimum atomic E-state index is -0.0546. The molecule has 0 bridgehead atoms. The number of hydrogen-bond acceptors (Lipinski definition) is 3. The fourth-order valence-electron chi connectivity index (χ4n) is 3.74. The summed E-state index contributed by atoms with van der Waals surface area (Å²) in [5, 5.41) is 0. The summed E-state index contributed by atoms with van der Waals surface area (Å²) < 4.78 is 5.82. The van der Waals surface area contributed by atoms with Gasteiger partial charge in [-0.05, 0) is 36.1 Å². The van der Waals surface area contributed by atoms with Gasteiger partial charge in [0.2, 0.25) is 0 Å². The Labute approximate surface area is 143 Å². The van der Waals surface area contributed by atoms with Crippen LogP contribution in [0.1, 0.15) is 18.4 Å². The molecule has 2 aliphatic heterocycles. The Balaban J connectivity index is 1.49. The lowest BCUT2D eigenvalue weighted by Crippen LogP contribution is -2.67. The van der Waals surface area contributed by atoms with Crippen LogP contribution in [0.2, 0.25) is 0 Å². The molecule has 1 saturated heterocycles. The number of allylic oxidation sites excluding steroid dienone is 1. The number of ether oxygens (including phenoxy) is 1. The first-order chi connectivity index (χ1) is 11.7. The van der Waals surface area contributed by atoms with Crippen LogP contribution in [-0.4, -0.2) is 25.2 Å². The summed E-state index contributed by atoms with van der Waals surface area (Å²) in [6.45, 7) is 6.42. The van der Waals surface area contributed by atoms with Gasteiger partial charge in [0.15, 0.2) is 0 Å². The molecule has 0 amide bonds. The standard InChI is InChI=1S/C21H24N2O/c1-2-3-12-21(22)14-23(15-21)18-9-7-16(8-10-18)19-6-4-5-17-11-13-24-20(17)19/h2,4-10H,1,3,11-15,22H2. The highest BCUT2D eigenvalue weighted by atomic mass is 16.5. The van der Waals surface area contributed by atoms with Crippen molar-refractivity contribution in [3.63, 3.8) is 0 Å². The SMILES string of the molecule is C=CCCC1(N)CN(c2ccc(-c3cccc4c3OCC4)cc2)C1. The first kappa shape index (κ1) is 15.3. The third kappa shape index (κ3) is 2.69. The predicted molar refractivity (Wildman–Crippen MR) is 99.6 cm³/mol. The van der Waals surface area contributed by atoms with E-state index >= 15 is 0 Å². The van der Waals surface area contributed by atoms with E-state index < -0.39 is 0 Å². The Morgan fingerprint density at radius 2 is 1.96 bits per heavy atom. The van der Waals surface area contributed by atoms with Gasteiger partial charge in [-0.1, -0.05) is 36.4 Å². The molecule has 0 saturated carbocycles. The molecule has 3 heteroatoms. The van der Waals surface area contributed by atoms with Gasteiger partial charge in [-0.2, -0.15) is 0 Å². The van der Waals surface area contributed by atoms with E-state index in [1.807, 2.05) is 6.08 Å². The van der Waals surface area contributed by atoms with Gasteiger partial charge in [0.05, 0.1) is 12.1 Å². The van der Waals surface area contributed by atoms with E-state index in [4.69, 9.17) is 10.5 Å². The maximum absolute atomic E-state index is 6.39. The molecule has 4 rings (SSSR count). The smallest absolute Gasteiger partial charge is 0.130 e. The summed E-state index contributed by atoms with van der Waals surface area (Å²) in [5.74, 6) is 1.06. The minimum absolute atomic E-state index is 0.0546. The Kier molecular flexibility index (Phi) is 3.81. The van der Waals surface area contributed by atoms with Gasteiger partial charge in [-0.25, -0.2) is 0 Å². The highest BCUT2D eigenvalue weighted by Crippen LogP contribution is 2.38. The molecular formula is C21H24N2O. The molecule has 2 aromatic rings. The van der Waals surface area contributed by atoms with Crippen LogP contribution in [0.15, 0.2) is 55.1 Å². The van der Waals surface area contributed by atoms with Gasteiger partial charge in [0, 0.05) is 30.8 Å². The van der Waals surface area contributed by atoms with Crippen molar-refractivity contribution in [1.82, 2.24) is 0 Å². The summed E-state index contributed by atoms with van der Waals surface area (Å²) in [6.07, 6.45) is 4.96. The highest BCUT2D eigenvalue weighted by Gasteiger charge is 2.38. The molecule has 0 unspecified atom stereocenters. The van der Waals surface area contributed by atoms with Crippen molar-refractivity contribution in [2.45, 2.75) is 24.8 Å². The predicted octanol–water partition coefficient (Wildman–Crippen LogP) is 3.77. The molecule has 2 N–H and O–H groups in total. The first-order valence-corrected chi connectivity index (χ1v) is 8.68. The van der Waals surface area contributed by atoms with Crippen LogP contribution >= 0.6 is 0 Å². The molecule has 0 atom stereocenters. The second kappa shape index (κ2) is 5.99. The summed E-state index contributed by atoms with van der Waals surface area (Å²) in [7, 11) is 0. The van der Waals surface area contributed by atoms with Gasteiger partial charge in [0.1, 0.15) is 5.75 Å². The van der Waals surface area contributed by atoms with Crippen molar-refractivity contribution >= 4 is 5.69 Å². The number of nitrogens with zero attached hydrogens (tertiary/aromatic N) is 1. The van der Waals surface area contributed by atoms with Crippen LogP contribution < -0.4 is 15.4 Å². The molecule has 2 aromatic carbocycles. The number of anilines is 1. The van der Waals surface area contributed by atoms with Crippen LogP contribution in [0, 0.1) is 0 Å². The van der Waals surface area contributed by atoms with Crippen molar-refractivity contribution in [2.75, 3.05) is 24.6 Å². The Hall–Kier alpha value is -2.26. The minimum Gasteiger partial charge on any atom is -0.492 e. The zero-order valence-electron chi connectivity index (χ0n) is 14.0. The summed E-state index contributed by atoms with van der Waals surface area (Å²) in [6, 6.07) is 15.2. The van der Waals surface area contributed by atoms with Crippen LogP contribution in [0.3, 0.4) is 0 Å². The summed E-state index contributed by atoms with van der Waals surface area (Å²) in [5.41, 5.74) is 11.3. The topological polar surface area (TPSA) is 38.5 Å². The second-order valence-electron chi connectivity index (χ2n) is 6.98. The molecule has 0 radical (unpaired) electrons. The lowest BCUT2D eigenvalue weighted by Gasteiger charge is -2.49. The molecule has 0 spiro atoms. The number of benzene rings is 2. The number of rotatable bonds is 5. The van der Waals surface area contributed by atoms with E-state index in [2.05, 4.69) is 53.9 Å². The van der Waals surface area contributed by atoms with E-state index in [-0.39, 0.29) is 5.54 Å². The molecule has 1 fully saturated rings. The second-order valence-corrected chi connectivity index (χ2v) is 6.98. The molecule has 24 heavy (non-hydrogen) atoms. The molecule has 3 nitrogen and oxygen atoms in total. The number of hydrogen-bond donors (Lipinski definition) is 1. The average Bonchev–Trinajstić information content (AvgIpc) is 3.06. The van der Waals surface area contributed by atoms with Crippen LogP contribution in [0.4, 0.5) is 5.69 Å². The summed E-state index contributed by atoms with van der Waals surface area (Å²) in [4.78, 5) is 2.35. The normalized spacial score (nSPS) is 17.8. The summed E-state index contributed by atoms with van der Waals surface area (Å²) >= 11 is 0. The van der Waals surface area contributed by atoms with Gasteiger partial charge in [-0.3, -0.25) is 0 Å². The van der Waals surface area contributed by atoms with Crippen LogP contribution in [0.25, 0.3) is 11.1 Å². The van der Waals surface area contributed by atoms with E-state index in [9.17, 15) is 0 Å². The maximum Gasteiger partial charge on any atom is 0.130 e. The third-order valence-electron chi connectivity index (χ3n) is 5.12. The van der Waals surface area contributed by atoms with Crippen molar-refractivity contribution in [1.29, 1.82) is 0 Å². The monoisotopic (exact) mass is 320 g/mol. The quantitative estimate of drug-likeness (QED) is 0.852. The van der Waals surface area contributed by atoms with Gasteiger partial charge < -0.3 is 15.4 Å². The average molecular weight is 320 g/mol. The van der Waals surface area contributed by atoms with Crippen LogP contribution in [-0.2, 0) is 6.42 Å². The molecule has 2 aliphatic rings. The van der Waals surface area contributed by atoms with Crippen molar-refractivity contribution in [3.05, 3.63) is 60.7 Å². The van der Waals surface area contributed by atoms with E-state index in [0.717, 1.165) is 44.7 Å². The fourth-order valence-corrected chi connectivity index (χ4v) is 3.74. The van der Waals surface area contributed by atoms with Gasteiger partial charge in [0.25, 0.3) is 0 Å². The molecular weight excluding hydrogens is 296 g/mol. The molecule has 2 heterocycles. The number of nitrogens with two attached hydrogens (primary N) is 1. The van der Waals surface area contributed by atoms with Gasteiger partial charge in [-0.15, -0.1) is 6.58 Å². The zero-order chi connectivity index (χ0) is 16.6. The third-order valence-corrected chi connectivity index (χ3v) is 5.12. The Morgan fingerprint density at radius 3 is 2.71 bits per heavy atom. The molecule has 0 aromatic heterocycles.